The monoisotopic (exact) mass is 245 g/mol. The molecule has 0 radical (unpaired) electrons. The lowest BCUT2D eigenvalue weighted by Crippen LogP contribution is -2.22. The molecule has 5 nitrogen and oxygen atoms in total. The van der Waals surface area contributed by atoms with Crippen LogP contribution >= 0.6 is 0 Å². The second-order valence-electron chi connectivity index (χ2n) is 4.60. The van der Waals surface area contributed by atoms with E-state index in [0.29, 0.717) is 19.0 Å². The molecule has 1 saturated carbocycles. The summed E-state index contributed by atoms with van der Waals surface area (Å²) in [5, 5.41) is 15.0. The summed E-state index contributed by atoms with van der Waals surface area (Å²) in [5.41, 5.74) is 0. The predicted octanol–water partition coefficient (Wildman–Crippen LogP) is 2.55. The van der Waals surface area contributed by atoms with E-state index in [2.05, 4.69) is 26.7 Å². The van der Waals surface area contributed by atoms with E-state index < -0.39 is 0 Å². The summed E-state index contributed by atoms with van der Waals surface area (Å²) in [6.45, 7) is 0.621. The minimum Gasteiger partial charge on any atom is -0.369 e. The Kier molecular flexibility index (Phi) is 4.77. The fraction of sp³-hybridized carbons (Fsp3) is 0.615. The van der Waals surface area contributed by atoms with Crippen LogP contribution in [0.2, 0.25) is 0 Å². The van der Waals surface area contributed by atoms with E-state index in [1.165, 1.54) is 32.1 Å². The van der Waals surface area contributed by atoms with E-state index in [1.807, 2.05) is 6.07 Å². The van der Waals surface area contributed by atoms with Gasteiger partial charge in [-0.2, -0.15) is 5.26 Å². The number of nitrogens with one attached hydrogen (secondary N) is 2. The number of rotatable bonds is 5. The largest absolute Gasteiger partial charge is 0.369 e. The molecule has 2 N–H and O–H groups in total. The van der Waals surface area contributed by atoms with Gasteiger partial charge in [0.05, 0.1) is 12.5 Å². The van der Waals surface area contributed by atoms with Crippen LogP contribution in [0.4, 0.5) is 11.6 Å². The van der Waals surface area contributed by atoms with E-state index in [-0.39, 0.29) is 0 Å². The summed E-state index contributed by atoms with van der Waals surface area (Å²) in [4.78, 5) is 8.37. The van der Waals surface area contributed by atoms with Crippen molar-refractivity contribution in [2.24, 2.45) is 0 Å². The van der Waals surface area contributed by atoms with Crippen molar-refractivity contribution in [2.75, 3.05) is 17.2 Å². The molecule has 96 valence electrons. The molecule has 0 saturated heterocycles. The van der Waals surface area contributed by atoms with Crippen molar-refractivity contribution in [2.45, 2.75) is 44.6 Å². The number of nitrogens with zero attached hydrogens (tertiary/aromatic N) is 3. The molecule has 0 aliphatic heterocycles. The Morgan fingerprint density at radius 2 is 2.00 bits per heavy atom. The Bertz CT molecular complexity index is 406. The van der Waals surface area contributed by atoms with Gasteiger partial charge >= 0.3 is 0 Å². The van der Waals surface area contributed by atoms with Crippen molar-refractivity contribution >= 4 is 11.6 Å². The van der Waals surface area contributed by atoms with Crippen LogP contribution in [0.3, 0.4) is 0 Å². The van der Waals surface area contributed by atoms with Gasteiger partial charge in [-0.05, 0) is 12.8 Å². The fourth-order valence-electron chi connectivity index (χ4n) is 2.24. The number of hydrogen-bond acceptors (Lipinski definition) is 5. The average Bonchev–Trinajstić information content (AvgIpc) is 2.41. The van der Waals surface area contributed by atoms with Gasteiger partial charge in [-0.1, -0.05) is 19.3 Å². The number of aromatic nitrogens is 2. The molecule has 1 aromatic heterocycles. The van der Waals surface area contributed by atoms with E-state index >= 15 is 0 Å². The van der Waals surface area contributed by atoms with Crippen LogP contribution < -0.4 is 10.6 Å². The maximum Gasteiger partial charge on any atom is 0.131 e. The first-order valence-electron chi connectivity index (χ1n) is 6.58. The van der Waals surface area contributed by atoms with Gasteiger partial charge < -0.3 is 10.6 Å². The molecular formula is C13H19N5. The number of nitriles is 1. The zero-order valence-corrected chi connectivity index (χ0v) is 10.5. The first-order chi connectivity index (χ1) is 8.88. The van der Waals surface area contributed by atoms with E-state index in [0.717, 1.165) is 11.6 Å². The van der Waals surface area contributed by atoms with Gasteiger partial charge in [-0.15, -0.1) is 0 Å². The number of anilines is 2. The Morgan fingerprint density at radius 1 is 1.22 bits per heavy atom. The van der Waals surface area contributed by atoms with E-state index in [9.17, 15) is 0 Å². The Morgan fingerprint density at radius 3 is 2.78 bits per heavy atom. The average molecular weight is 245 g/mol. The van der Waals surface area contributed by atoms with Crippen LogP contribution in [0.15, 0.2) is 12.4 Å². The molecule has 0 atom stereocenters. The second kappa shape index (κ2) is 6.80. The highest BCUT2D eigenvalue weighted by Gasteiger charge is 2.13. The molecule has 18 heavy (non-hydrogen) atoms. The van der Waals surface area contributed by atoms with Crippen molar-refractivity contribution in [3.05, 3.63) is 12.4 Å². The summed E-state index contributed by atoms with van der Waals surface area (Å²) in [7, 11) is 0. The summed E-state index contributed by atoms with van der Waals surface area (Å²) >= 11 is 0. The van der Waals surface area contributed by atoms with Crippen LogP contribution in [0.25, 0.3) is 0 Å². The molecule has 0 aromatic carbocycles. The van der Waals surface area contributed by atoms with Gasteiger partial charge in [0.25, 0.3) is 0 Å². The molecular weight excluding hydrogens is 226 g/mol. The van der Waals surface area contributed by atoms with Crippen molar-refractivity contribution in [1.29, 1.82) is 5.26 Å². The second-order valence-corrected chi connectivity index (χ2v) is 4.60. The third kappa shape index (κ3) is 3.88. The smallest absolute Gasteiger partial charge is 0.131 e. The highest BCUT2D eigenvalue weighted by Crippen LogP contribution is 2.21. The highest BCUT2D eigenvalue weighted by molar-refractivity contribution is 5.46. The molecule has 5 heteroatoms. The van der Waals surface area contributed by atoms with Crippen LogP contribution in [0.1, 0.15) is 38.5 Å². The third-order valence-corrected chi connectivity index (χ3v) is 3.17. The van der Waals surface area contributed by atoms with E-state index in [1.54, 1.807) is 6.33 Å². The van der Waals surface area contributed by atoms with Crippen LogP contribution in [-0.4, -0.2) is 22.6 Å². The molecule has 0 amide bonds. The molecule has 2 rings (SSSR count). The van der Waals surface area contributed by atoms with Crippen molar-refractivity contribution in [3.8, 4) is 6.07 Å². The maximum atomic E-state index is 8.48. The summed E-state index contributed by atoms with van der Waals surface area (Å²) in [6, 6.07) is 4.55. The molecule has 1 aliphatic carbocycles. The molecule has 0 bridgehead atoms. The normalized spacial score (nSPS) is 15.9. The predicted molar refractivity (Wildman–Crippen MR) is 71.2 cm³/mol. The molecule has 0 unspecified atom stereocenters. The van der Waals surface area contributed by atoms with Gasteiger partial charge in [0.1, 0.15) is 18.0 Å². The minimum absolute atomic E-state index is 0.482. The molecule has 1 fully saturated rings. The first kappa shape index (κ1) is 12.6. The topological polar surface area (TPSA) is 73.6 Å². The van der Waals surface area contributed by atoms with Gasteiger partial charge in [-0.3, -0.25) is 0 Å². The highest BCUT2D eigenvalue weighted by atomic mass is 15.1. The standard InChI is InChI=1S/C13H19N5/c14-7-4-8-15-12-9-13(17-10-16-12)18-11-5-2-1-3-6-11/h9-11H,1-6,8H2,(H2,15,16,17,18). The third-order valence-electron chi connectivity index (χ3n) is 3.17. The SMILES string of the molecule is N#CCCNc1cc(NC2CCCCC2)ncn1. The summed E-state index contributed by atoms with van der Waals surface area (Å²) in [5.74, 6) is 1.65. The van der Waals surface area contributed by atoms with Gasteiger partial charge in [0.2, 0.25) is 0 Å². The van der Waals surface area contributed by atoms with Crippen molar-refractivity contribution < 1.29 is 0 Å². The van der Waals surface area contributed by atoms with Gasteiger partial charge in [0.15, 0.2) is 0 Å². The molecule has 1 aromatic rings. The summed E-state index contributed by atoms with van der Waals surface area (Å²) < 4.78 is 0. The van der Waals surface area contributed by atoms with Crippen LogP contribution in [0.5, 0.6) is 0 Å². The lowest BCUT2D eigenvalue weighted by molar-refractivity contribution is 0.462. The molecule has 0 spiro atoms. The molecule has 1 heterocycles. The zero-order chi connectivity index (χ0) is 12.6. The Hall–Kier alpha value is -1.83. The van der Waals surface area contributed by atoms with Crippen molar-refractivity contribution in [1.82, 2.24) is 9.97 Å². The number of hydrogen-bond donors (Lipinski definition) is 2. The van der Waals surface area contributed by atoms with E-state index in [4.69, 9.17) is 5.26 Å². The first-order valence-corrected chi connectivity index (χ1v) is 6.58. The summed E-state index contributed by atoms with van der Waals surface area (Å²) in [6.07, 6.45) is 8.44. The Labute approximate surface area is 108 Å². The van der Waals surface area contributed by atoms with Crippen LogP contribution in [0, 0.1) is 11.3 Å². The quantitative estimate of drug-likeness (QED) is 0.780. The molecule has 1 aliphatic rings. The van der Waals surface area contributed by atoms with Gasteiger partial charge in [-0.25, -0.2) is 9.97 Å². The lowest BCUT2D eigenvalue weighted by Gasteiger charge is -2.23. The maximum absolute atomic E-state index is 8.48. The Balaban J connectivity index is 1.88. The van der Waals surface area contributed by atoms with Crippen molar-refractivity contribution in [3.63, 3.8) is 0 Å². The fourth-order valence-corrected chi connectivity index (χ4v) is 2.24. The zero-order valence-electron chi connectivity index (χ0n) is 10.5. The lowest BCUT2D eigenvalue weighted by atomic mass is 9.95. The van der Waals surface area contributed by atoms with Crippen LogP contribution in [-0.2, 0) is 0 Å². The minimum atomic E-state index is 0.482. The van der Waals surface area contributed by atoms with Gasteiger partial charge in [0, 0.05) is 18.7 Å².